The van der Waals surface area contributed by atoms with Gasteiger partial charge < -0.3 is 10.5 Å². The Labute approximate surface area is 90.6 Å². The van der Waals surface area contributed by atoms with Gasteiger partial charge in [0, 0.05) is 31.8 Å². The SMILES string of the molecule is CC1(N)CN(S(=O)(=O)C2CCOCC2)C1. The van der Waals surface area contributed by atoms with Crippen molar-refractivity contribution in [2.75, 3.05) is 26.3 Å². The third kappa shape index (κ3) is 2.18. The van der Waals surface area contributed by atoms with E-state index in [4.69, 9.17) is 10.5 Å². The summed E-state index contributed by atoms with van der Waals surface area (Å²) >= 11 is 0. The predicted molar refractivity (Wildman–Crippen MR) is 56.9 cm³/mol. The van der Waals surface area contributed by atoms with Crippen LogP contribution in [0, 0.1) is 0 Å². The Hall–Kier alpha value is -0.170. The van der Waals surface area contributed by atoms with Crippen LogP contribution in [0.4, 0.5) is 0 Å². The maximum Gasteiger partial charge on any atom is 0.217 e. The van der Waals surface area contributed by atoms with Crippen LogP contribution in [-0.4, -0.2) is 49.8 Å². The standard InChI is InChI=1S/C9H18N2O3S/c1-9(10)6-11(7-9)15(12,13)8-2-4-14-5-3-8/h8H,2-7,10H2,1H3. The lowest BCUT2D eigenvalue weighted by Crippen LogP contribution is -2.67. The molecule has 0 aliphatic carbocycles. The average molecular weight is 234 g/mol. The van der Waals surface area contributed by atoms with Crippen molar-refractivity contribution in [2.24, 2.45) is 5.73 Å². The molecule has 2 fully saturated rings. The van der Waals surface area contributed by atoms with E-state index in [1.807, 2.05) is 6.92 Å². The minimum atomic E-state index is -3.12. The number of rotatable bonds is 2. The van der Waals surface area contributed by atoms with Crippen LogP contribution in [0.15, 0.2) is 0 Å². The second-order valence-electron chi connectivity index (χ2n) is 4.78. The van der Waals surface area contributed by atoms with Gasteiger partial charge in [-0.25, -0.2) is 8.42 Å². The van der Waals surface area contributed by atoms with Crippen LogP contribution in [0.2, 0.25) is 0 Å². The van der Waals surface area contributed by atoms with E-state index in [2.05, 4.69) is 0 Å². The Kier molecular flexibility index (Phi) is 2.79. The summed E-state index contributed by atoms with van der Waals surface area (Å²) < 4.78 is 30.8. The molecule has 0 unspecified atom stereocenters. The summed E-state index contributed by atoms with van der Waals surface area (Å²) in [6, 6.07) is 0. The Morgan fingerprint density at radius 2 is 1.87 bits per heavy atom. The Balaban J connectivity index is 2.01. The van der Waals surface area contributed by atoms with E-state index < -0.39 is 10.0 Å². The van der Waals surface area contributed by atoms with Gasteiger partial charge in [0.05, 0.1) is 5.25 Å². The summed E-state index contributed by atoms with van der Waals surface area (Å²) in [6.45, 7) is 3.89. The van der Waals surface area contributed by atoms with E-state index in [9.17, 15) is 8.42 Å². The molecule has 2 heterocycles. The van der Waals surface area contributed by atoms with Crippen molar-refractivity contribution in [1.29, 1.82) is 0 Å². The van der Waals surface area contributed by atoms with Crippen molar-refractivity contribution >= 4 is 10.0 Å². The maximum absolute atomic E-state index is 12.1. The first-order valence-corrected chi connectivity index (χ1v) is 6.78. The average Bonchev–Trinajstić information content (AvgIpc) is 2.15. The normalized spacial score (nSPS) is 28.7. The van der Waals surface area contributed by atoms with E-state index in [0.29, 0.717) is 39.1 Å². The molecule has 0 aromatic rings. The van der Waals surface area contributed by atoms with Crippen LogP contribution >= 0.6 is 0 Å². The van der Waals surface area contributed by atoms with Gasteiger partial charge >= 0.3 is 0 Å². The van der Waals surface area contributed by atoms with Gasteiger partial charge in [0.15, 0.2) is 0 Å². The minimum absolute atomic E-state index is 0.262. The monoisotopic (exact) mass is 234 g/mol. The summed E-state index contributed by atoms with van der Waals surface area (Å²) in [7, 11) is -3.12. The molecule has 15 heavy (non-hydrogen) atoms. The van der Waals surface area contributed by atoms with E-state index in [-0.39, 0.29) is 10.8 Å². The van der Waals surface area contributed by atoms with Gasteiger partial charge in [-0.3, -0.25) is 0 Å². The fraction of sp³-hybridized carbons (Fsp3) is 1.00. The van der Waals surface area contributed by atoms with Gasteiger partial charge in [0.1, 0.15) is 0 Å². The molecule has 88 valence electrons. The smallest absolute Gasteiger partial charge is 0.217 e. The summed E-state index contributed by atoms with van der Waals surface area (Å²) in [5, 5.41) is -0.262. The Morgan fingerprint density at radius 1 is 1.33 bits per heavy atom. The van der Waals surface area contributed by atoms with E-state index in [0.717, 1.165) is 0 Å². The summed E-state index contributed by atoms with van der Waals surface area (Å²) in [4.78, 5) is 0. The first-order valence-electron chi connectivity index (χ1n) is 5.27. The Bertz CT molecular complexity index is 325. The zero-order valence-electron chi connectivity index (χ0n) is 8.98. The molecular weight excluding hydrogens is 216 g/mol. The van der Waals surface area contributed by atoms with Gasteiger partial charge in [-0.05, 0) is 19.8 Å². The topological polar surface area (TPSA) is 72.6 Å². The first-order chi connectivity index (χ1) is 6.92. The lowest BCUT2D eigenvalue weighted by Gasteiger charge is -2.45. The van der Waals surface area contributed by atoms with Crippen molar-refractivity contribution in [1.82, 2.24) is 4.31 Å². The number of hydrogen-bond donors (Lipinski definition) is 1. The zero-order chi connectivity index (χ0) is 11.1. The minimum Gasteiger partial charge on any atom is -0.381 e. The molecular formula is C9H18N2O3S. The number of ether oxygens (including phenoxy) is 1. The van der Waals surface area contributed by atoms with Crippen LogP contribution in [0.1, 0.15) is 19.8 Å². The second kappa shape index (κ2) is 3.69. The largest absolute Gasteiger partial charge is 0.381 e. The van der Waals surface area contributed by atoms with Crippen molar-refractivity contribution in [3.8, 4) is 0 Å². The highest BCUT2D eigenvalue weighted by atomic mass is 32.2. The molecule has 2 rings (SSSR count). The first kappa shape index (κ1) is 11.3. The van der Waals surface area contributed by atoms with Gasteiger partial charge in [-0.1, -0.05) is 0 Å². The third-order valence-corrected chi connectivity index (χ3v) is 5.32. The van der Waals surface area contributed by atoms with Crippen molar-refractivity contribution in [2.45, 2.75) is 30.6 Å². The fourth-order valence-electron chi connectivity index (χ4n) is 2.12. The number of sulfonamides is 1. The van der Waals surface area contributed by atoms with Gasteiger partial charge in [-0.15, -0.1) is 0 Å². The van der Waals surface area contributed by atoms with Crippen LogP contribution in [0.5, 0.6) is 0 Å². The fourth-order valence-corrected chi connectivity index (χ4v) is 4.28. The molecule has 6 heteroatoms. The second-order valence-corrected chi connectivity index (χ2v) is 6.99. The van der Waals surface area contributed by atoms with Gasteiger partial charge in [0.2, 0.25) is 10.0 Å². The van der Waals surface area contributed by atoms with Crippen molar-refractivity contribution in [3.63, 3.8) is 0 Å². The van der Waals surface area contributed by atoms with Crippen molar-refractivity contribution < 1.29 is 13.2 Å². The molecule has 2 N–H and O–H groups in total. The number of hydrogen-bond acceptors (Lipinski definition) is 4. The highest BCUT2D eigenvalue weighted by molar-refractivity contribution is 7.89. The molecule has 5 nitrogen and oxygen atoms in total. The van der Waals surface area contributed by atoms with E-state index in [1.54, 1.807) is 0 Å². The molecule has 0 atom stereocenters. The van der Waals surface area contributed by atoms with E-state index >= 15 is 0 Å². The van der Waals surface area contributed by atoms with Crippen LogP contribution < -0.4 is 5.73 Å². The molecule has 0 aromatic heterocycles. The molecule has 0 aromatic carbocycles. The Morgan fingerprint density at radius 3 is 2.33 bits per heavy atom. The van der Waals surface area contributed by atoms with Crippen molar-refractivity contribution in [3.05, 3.63) is 0 Å². The van der Waals surface area contributed by atoms with E-state index in [1.165, 1.54) is 4.31 Å². The number of nitrogens with zero attached hydrogens (tertiary/aromatic N) is 1. The van der Waals surface area contributed by atoms with Gasteiger partial charge in [0.25, 0.3) is 0 Å². The molecule has 2 saturated heterocycles. The molecule has 0 spiro atoms. The third-order valence-electron chi connectivity index (χ3n) is 3.02. The molecule has 2 aliphatic rings. The molecule has 0 amide bonds. The highest BCUT2D eigenvalue weighted by Crippen LogP contribution is 2.27. The highest BCUT2D eigenvalue weighted by Gasteiger charge is 2.45. The summed E-state index contributed by atoms with van der Waals surface area (Å²) in [5.41, 5.74) is 5.47. The van der Waals surface area contributed by atoms with Crippen LogP contribution in [0.25, 0.3) is 0 Å². The lowest BCUT2D eigenvalue weighted by molar-refractivity contribution is 0.0945. The molecule has 2 aliphatic heterocycles. The molecule has 0 bridgehead atoms. The quantitative estimate of drug-likeness (QED) is 0.701. The van der Waals surface area contributed by atoms with Crippen LogP contribution in [-0.2, 0) is 14.8 Å². The molecule has 0 saturated carbocycles. The summed E-state index contributed by atoms with van der Waals surface area (Å²) in [5.74, 6) is 0. The maximum atomic E-state index is 12.1. The molecule has 0 radical (unpaired) electrons. The summed E-state index contributed by atoms with van der Waals surface area (Å²) in [6.07, 6.45) is 1.22. The lowest BCUT2D eigenvalue weighted by atomic mass is 9.97. The zero-order valence-corrected chi connectivity index (χ0v) is 9.79. The number of nitrogens with two attached hydrogens (primary N) is 1. The van der Waals surface area contributed by atoms with Gasteiger partial charge in [-0.2, -0.15) is 4.31 Å². The predicted octanol–water partition coefficient (Wildman–Crippen LogP) is -0.472. The van der Waals surface area contributed by atoms with Crippen LogP contribution in [0.3, 0.4) is 0 Å².